The van der Waals surface area contributed by atoms with Gasteiger partial charge in [0.05, 0.1) is 33.4 Å². The predicted molar refractivity (Wildman–Crippen MR) is 114 cm³/mol. The summed E-state index contributed by atoms with van der Waals surface area (Å²) < 4.78 is 10.4. The van der Waals surface area contributed by atoms with Gasteiger partial charge in [0.1, 0.15) is 6.04 Å². The summed E-state index contributed by atoms with van der Waals surface area (Å²) in [6.45, 7) is -0.0422. The van der Waals surface area contributed by atoms with E-state index in [2.05, 4.69) is 10.6 Å². The normalized spacial score (nSPS) is 16.9. The number of hydrogen-bond donors (Lipinski definition) is 3. The van der Waals surface area contributed by atoms with E-state index in [0.29, 0.717) is 23.5 Å². The van der Waals surface area contributed by atoms with E-state index < -0.39 is 12.1 Å². The molecule has 1 aliphatic rings. The Morgan fingerprint density at radius 3 is 2.67 bits per heavy atom. The number of benzene rings is 1. The lowest BCUT2D eigenvalue weighted by atomic mass is 10.1. The van der Waals surface area contributed by atoms with Gasteiger partial charge in [0.25, 0.3) is 5.91 Å². The Kier molecular flexibility index (Phi) is 9.25. The zero-order chi connectivity index (χ0) is 22.1. The van der Waals surface area contributed by atoms with Gasteiger partial charge in [-0.3, -0.25) is 14.5 Å². The summed E-state index contributed by atoms with van der Waals surface area (Å²) in [5, 5.41) is 14.7. The summed E-state index contributed by atoms with van der Waals surface area (Å²) in [4.78, 5) is 38.2. The van der Waals surface area contributed by atoms with Gasteiger partial charge in [-0.1, -0.05) is 6.07 Å². The molecular formula is C20H29N3O6S. The zero-order valence-corrected chi connectivity index (χ0v) is 18.3. The molecule has 166 valence electrons. The van der Waals surface area contributed by atoms with Crippen LogP contribution in [0.15, 0.2) is 18.2 Å². The molecule has 10 heteroatoms. The lowest BCUT2D eigenvalue weighted by Gasteiger charge is -2.16. The number of nitrogens with zero attached hydrogens (tertiary/aromatic N) is 1. The molecule has 0 unspecified atom stereocenters. The van der Waals surface area contributed by atoms with Gasteiger partial charge in [-0.15, -0.1) is 0 Å². The second-order valence-corrected chi connectivity index (χ2v) is 7.87. The molecule has 1 saturated heterocycles. The smallest absolute Gasteiger partial charge is 0.325 e. The predicted octanol–water partition coefficient (Wildman–Crippen LogP) is 1.13. The molecule has 2 rings (SSSR count). The van der Waals surface area contributed by atoms with Crippen LogP contribution in [0.25, 0.3) is 0 Å². The fourth-order valence-electron chi connectivity index (χ4n) is 3.13. The summed E-state index contributed by atoms with van der Waals surface area (Å²) in [5.41, 5.74) is 0.717. The van der Waals surface area contributed by atoms with Gasteiger partial charge in [-0.25, -0.2) is 4.79 Å². The molecule has 0 spiro atoms. The van der Waals surface area contributed by atoms with Crippen molar-refractivity contribution in [2.24, 2.45) is 0 Å². The van der Waals surface area contributed by atoms with Crippen LogP contribution in [-0.2, 0) is 16.1 Å². The van der Waals surface area contributed by atoms with Crippen molar-refractivity contribution < 1.29 is 29.0 Å². The van der Waals surface area contributed by atoms with Crippen LogP contribution in [-0.4, -0.2) is 72.8 Å². The van der Waals surface area contributed by atoms with E-state index in [1.165, 1.54) is 14.2 Å². The molecule has 0 radical (unpaired) electrons. The maximum atomic E-state index is 12.6. The van der Waals surface area contributed by atoms with Crippen LogP contribution in [0.4, 0.5) is 4.79 Å². The minimum absolute atomic E-state index is 0.0800. The monoisotopic (exact) mass is 439 g/mol. The molecule has 1 aromatic rings. The maximum Gasteiger partial charge on any atom is 0.325 e. The van der Waals surface area contributed by atoms with Crippen molar-refractivity contribution in [1.29, 1.82) is 0 Å². The number of carbonyl (C=O) groups excluding carboxylic acids is 3. The molecule has 4 amide bonds. The van der Waals surface area contributed by atoms with Gasteiger partial charge >= 0.3 is 6.03 Å². The van der Waals surface area contributed by atoms with Crippen LogP contribution in [0.2, 0.25) is 0 Å². The first-order chi connectivity index (χ1) is 14.4. The number of aliphatic hydroxyl groups excluding tert-OH is 1. The Morgan fingerprint density at radius 2 is 2.03 bits per heavy atom. The number of hydrogen-bond acceptors (Lipinski definition) is 7. The Bertz CT molecular complexity index is 760. The van der Waals surface area contributed by atoms with Gasteiger partial charge in [0.15, 0.2) is 11.5 Å². The third-order valence-corrected chi connectivity index (χ3v) is 5.46. The van der Waals surface area contributed by atoms with Crippen molar-refractivity contribution in [3.63, 3.8) is 0 Å². The number of rotatable bonds is 12. The van der Waals surface area contributed by atoms with Crippen molar-refractivity contribution in [3.05, 3.63) is 23.8 Å². The first-order valence-electron chi connectivity index (χ1n) is 9.65. The highest BCUT2D eigenvalue weighted by atomic mass is 32.2. The minimum atomic E-state index is -0.748. The molecule has 1 heterocycles. The van der Waals surface area contributed by atoms with Crippen LogP contribution >= 0.6 is 11.8 Å². The lowest BCUT2D eigenvalue weighted by Crippen LogP contribution is -2.39. The van der Waals surface area contributed by atoms with Gasteiger partial charge < -0.3 is 25.2 Å². The highest BCUT2D eigenvalue weighted by Crippen LogP contribution is 2.28. The molecular weight excluding hydrogens is 410 g/mol. The summed E-state index contributed by atoms with van der Waals surface area (Å²) >= 11 is 1.64. The number of urea groups is 1. The van der Waals surface area contributed by atoms with Crippen molar-refractivity contribution in [3.8, 4) is 11.5 Å². The van der Waals surface area contributed by atoms with E-state index in [4.69, 9.17) is 9.47 Å². The standard InChI is InChI=1S/C20H29N3O6S/c1-28-16-6-4-13(10-17(16)29-2)11-23-19(26)15(22-20(23)27)5-7-18(25)21-14(12-24)8-9-30-3/h4,6,10,14-15,24H,5,7-9,11-12H2,1-3H3,(H,21,25)(H,22,27)/t14-,15+/m1/s1. The summed E-state index contributed by atoms with van der Waals surface area (Å²) in [6.07, 6.45) is 2.90. The van der Waals surface area contributed by atoms with Crippen molar-refractivity contribution in [2.45, 2.75) is 37.9 Å². The first kappa shape index (κ1) is 23.8. The van der Waals surface area contributed by atoms with Crippen LogP contribution in [0.1, 0.15) is 24.8 Å². The number of aliphatic hydroxyl groups is 1. The fraction of sp³-hybridized carbons (Fsp3) is 0.550. The molecule has 0 saturated carbocycles. The third kappa shape index (κ3) is 6.27. The Hall–Kier alpha value is -2.46. The van der Waals surface area contributed by atoms with E-state index in [0.717, 1.165) is 10.7 Å². The highest BCUT2D eigenvalue weighted by molar-refractivity contribution is 7.98. The first-order valence-corrected chi connectivity index (χ1v) is 11.0. The molecule has 0 aromatic heterocycles. The number of amides is 4. The summed E-state index contributed by atoms with van der Waals surface area (Å²) in [6, 6.07) is 3.63. The highest BCUT2D eigenvalue weighted by Gasteiger charge is 2.38. The van der Waals surface area contributed by atoms with Gasteiger partial charge in [0.2, 0.25) is 5.91 Å². The number of methoxy groups -OCH3 is 2. The molecule has 1 fully saturated rings. The van der Waals surface area contributed by atoms with Crippen LogP contribution in [0, 0.1) is 0 Å². The molecule has 2 atom stereocenters. The van der Waals surface area contributed by atoms with Crippen molar-refractivity contribution >= 4 is 29.6 Å². The van der Waals surface area contributed by atoms with Crippen LogP contribution < -0.4 is 20.1 Å². The van der Waals surface area contributed by atoms with Crippen LogP contribution in [0.5, 0.6) is 11.5 Å². The third-order valence-electron chi connectivity index (χ3n) is 4.81. The molecule has 1 aromatic carbocycles. The summed E-state index contributed by atoms with van der Waals surface area (Å²) in [5.74, 6) is 1.27. The number of ether oxygens (including phenoxy) is 2. The number of thioether (sulfide) groups is 1. The van der Waals surface area contributed by atoms with E-state index in [-0.39, 0.29) is 43.8 Å². The van der Waals surface area contributed by atoms with Crippen LogP contribution in [0.3, 0.4) is 0 Å². The second-order valence-electron chi connectivity index (χ2n) is 6.88. The van der Waals surface area contributed by atoms with E-state index in [9.17, 15) is 19.5 Å². The quantitative estimate of drug-likeness (QED) is 0.418. The molecule has 0 aliphatic carbocycles. The van der Waals surface area contributed by atoms with Crippen molar-refractivity contribution in [1.82, 2.24) is 15.5 Å². The Labute approximate surface area is 180 Å². The number of nitrogens with one attached hydrogen (secondary N) is 2. The lowest BCUT2D eigenvalue weighted by molar-refractivity contribution is -0.128. The summed E-state index contributed by atoms with van der Waals surface area (Å²) in [7, 11) is 3.04. The van der Waals surface area contributed by atoms with E-state index in [1.807, 2.05) is 6.26 Å². The Morgan fingerprint density at radius 1 is 1.30 bits per heavy atom. The zero-order valence-electron chi connectivity index (χ0n) is 17.5. The fourth-order valence-corrected chi connectivity index (χ4v) is 3.65. The second kappa shape index (κ2) is 11.7. The van der Waals surface area contributed by atoms with Crippen molar-refractivity contribution in [2.75, 3.05) is 32.8 Å². The SMILES string of the molecule is COc1ccc(CN2C(=O)N[C@@H](CCC(=O)N[C@@H](CO)CCSC)C2=O)cc1OC. The number of imide groups is 1. The Balaban J connectivity index is 1.91. The molecule has 9 nitrogen and oxygen atoms in total. The van der Waals surface area contributed by atoms with E-state index >= 15 is 0 Å². The van der Waals surface area contributed by atoms with Gasteiger partial charge in [0, 0.05) is 6.42 Å². The molecule has 30 heavy (non-hydrogen) atoms. The van der Waals surface area contributed by atoms with Gasteiger partial charge in [-0.2, -0.15) is 11.8 Å². The van der Waals surface area contributed by atoms with Gasteiger partial charge in [-0.05, 0) is 42.5 Å². The molecule has 0 bridgehead atoms. The topological polar surface area (TPSA) is 117 Å². The average Bonchev–Trinajstić information content (AvgIpc) is 3.02. The maximum absolute atomic E-state index is 12.6. The van der Waals surface area contributed by atoms with E-state index in [1.54, 1.807) is 30.0 Å². The molecule has 3 N–H and O–H groups in total. The number of carbonyl (C=O) groups is 3. The molecule has 1 aliphatic heterocycles. The largest absolute Gasteiger partial charge is 0.493 e. The minimum Gasteiger partial charge on any atom is -0.493 e. The average molecular weight is 440 g/mol.